The molecule has 0 unspecified atom stereocenters. The molecule has 3 heterocycles. The molecule has 2 fully saturated rings. The molecule has 0 saturated carbocycles. The first kappa shape index (κ1) is 17.3. The van der Waals surface area contributed by atoms with Crippen molar-refractivity contribution in [2.75, 3.05) is 52.6 Å². The highest BCUT2D eigenvalue weighted by Gasteiger charge is 2.28. The number of carbonyl (C=O) groups excluding carboxylic acids is 1. The maximum absolute atomic E-state index is 13.1. The maximum Gasteiger partial charge on any atom is 0.255 e. The molecule has 2 aliphatic heterocycles. The molecule has 1 aromatic heterocycles. The van der Waals surface area contributed by atoms with Crippen LogP contribution < -0.4 is 0 Å². The van der Waals surface area contributed by atoms with Crippen LogP contribution in [0.15, 0.2) is 18.5 Å². The lowest BCUT2D eigenvalue weighted by Crippen LogP contribution is -2.48. The third-order valence-corrected chi connectivity index (χ3v) is 4.92. The summed E-state index contributed by atoms with van der Waals surface area (Å²) in [4.78, 5) is 21.7. The smallest absolute Gasteiger partial charge is 0.255 e. The van der Waals surface area contributed by atoms with Crippen LogP contribution in [0, 0.1) is 6.92 Å². The predicted molar refractivity (Wildman–Crippen MR) is 91.1 cm³/mol. The van der Waals surface area contributed by atoms with E-state index in [1.807, 2.05) is 17.9 Å². The summed E-state index contributed by atoms with van der Waals surface area (Å²) in [5.41, 5.74) is 1.70. The minimum absolute atomic E-state index is 0.0979. The van der Waals surface area contributed by atoms with Crippen molar-refractivity contribution in [3.05, 3.63) is 29.6 Å². The van der Waals surface area contributed by atoms with Crippen molar-refractivity contribution in [2.24, 2.45) is 0 Å². The lowest BCUT2D eigenvalue weighted by molar-refractivity contribution is 0.0141. The molecule has 0 spiro atoms. The van der Waals surface area contributed by atoms with Crippen molar-refractivity contribution in [3.63, 3.8) is 0 Å². The molecule has 24 heavy (non-hydrogen) atoms. The van der Waals surface area contributed by atoms with Gasteiger partial charge in [-0.1, -0.05) is 0 Å². The minimum atomic E-state index is 0.0979. The van der Waals surface area contributed by atoms with Gasteiger partial charge in [0.15, 0.2) is 0 Å². The number of carbonyl (C=O) groups is 1. The van der Waals surface area contributed by atoms with Crippen LogP contribution in [0.4, 0.5) is 0 Å². The molecule has 0 N–H and O–H groups in total. The number of pyridine rings is 1. The van der Waals surface area contributed by atoms with Crippen LogP contribution in [-0.4, -0.2) is 79.3 Å². The highest BCUT2D eigenvalue weighted by atomic mass is 16.5. The molecule has 0 bridgehead atoms. The van der Waals surface area contributed by atoms with E-state index in [1.165, 1.54) is 0 Å². The highest BCUT2D eigenvalue weighted by Crippen LogP contribution is 2.19. The molecule has 0 aromatic carbocycles. The van der Waals surface area contributed by atoms with Gasteiger partial charge in [0, 0.05) is 57.8 Å². The summed E-state index contributed by atoms with van der Waals surface area (Å²) >= 11 is 0. The first-order valence-electron chi connectivity index (χ1n) is 8.85. The van der Waals surface area contributed by atoms with E-state index in [-0.39, 0.29) is 11.9 Å². The fourth-order valence-corrected chi connectivity index (χ4v) is 3.36. The minimum Gasteiger partial charge on any atom is -0.381 e. The number of amides is 1. The van der Waals surface area contributed by atoms with Gasteiger partial charge in [0.25, 0.3) is 5.91 Å². The maximum atomic E-state index is 13.1. The second-order valence-corrected chi connectivity index (χ2v) is 6.49. The van der Waals surface area contributed by atoms with E-state index in [0.29, 0.717) is 5.56 Å². The molecule has 6 nitrogen and oxygen atoms in total. The number of hydrogen-bond donors (Lipinski definition) is 0. The number of aryl methyl sites for hydroxylation is 1. The Kier molecular flexibility index (Phi) is 6.18. The van der Waals surface area contributed by atoms with Crippen LogP contribution in [0.5, 0.6) is 0 Å². The summed E-state index contributed by atoms with van der Waals surface area (Å²) in [6.45, 7) is 8.54. The summed E-state index contributed by atoms with van der Waals surface area (Å²) in [5.74, 6) is 0.0979. The summed E-state index contributed by atoms with van der Waals surface area (Å²) in [7, 11) is 0. The van der Waals surface area contributed by atoms with E-state index in [1.54, 1.807) is 12.4 Å². The first-order valence-corrected chi connectivity index (χ1v) is 8.85. The SMILES string of the molecule is Cc1ccncc1C(=O)N(CCN1CCOCC1)C1CCOCC1. The molecule has 3 rings (SSSR count). The molecular weight excluding hydrogens is 306 g/mol. The number of ether oxygens (including phenoxy) is 2. The molecule has 0 aliphatic carbocycles. The molecule has 2 saturated heterocycles. The van der Waals surface area contributed by atoms with Gasteiger partial charge in [-0.05, 0) is 31.4 Å². The Hall–Kier alpha value is -1.50. The topological polar surface area (TPSA) is 54.9 Å². The summed E-state index contributed by atoms with van der Waals surface area (Å²) in [6.07, 6.45) is 5.25. The molecule has 6 heteroatoms. The van der Waals surface area contributed by atoms with Crippen LogP contribution in [0.3, 0.4) is 0 Å². The van der Waals surface area contributed by atoms with Crippen molar-refractivity contribution in [2.45, 2.75) is 25.8 Å². The number of morpholine rings is 1. The van der Waals surface area contributed by atoms with E-state index < -0.39 is 0 Å². The zero-order valence-corrected chi connectivity index (χ0v) is 14.4. The van der Waals surface area contributed by atoms with Gasteiger partial charge in [-0.25, -0.2) is 0 Å². The third-order valence-electron chi connectivity index (χ3n) is 4.92. The number of nitrogens with zero attached hydrogens (tertiary/aromatic N) is 3. The Labute approximate surface area is 143 Å². The van der Waals surface area contributed by atoms with E-state index in [4.69, 9.17) is 9.47 Å². The Morgan fingerprint density at radius 1 is 1.25 bits per heavy atom. The van der Waals surface area contributed by atoms with Crippen LogP contribution in [0.2, 0.25) is 0 Å². The van der Waals surface area contributed by atoms with Gasteiger partial charge in [-0.2, -0.15) is 0 Å². The molecule has 1 aromatic rings. The van der Waals surface area contributed by atoms with Crippen molar-refractivity contribution in [1.29, 1.82) is 0 Å². The van der Waals surface area contributed by atoms with Crippen LogP contribution in [0.1, 0.15) is 28.8 Å². The van der Waals surface area contributed by atoms with Gasteiger partial charge in [-0.15, -0.1) is 0 Å². The fourth-order valence-electron chi connectivity index (χ4n) is 3.36. The van der Waals surface area contributed by atoms with Crippen molar-refractivity contribution in [1.82, 2.24) is 14.8 Å². The monoisotopic (exact) mass is 333 g/mol. The Morgan fingerprint density at radius 2 is 1.96 bits per heavy atom. The molecular formula is C18H27N3O3. The van der Waals surface area contributed by atoms with E-state index in [9.17, 15) is 4.79 Å². The quantitative estimate of drug-likeness (QED) is 0.814. The molecule has 0 atom stereocenters. The van der Waals surface area contributed by atoms with E-state index in [2.05, 4.69) is 9.88 Å². The zero-order chi connectivity index (χ0) is 16.8. The number of hydrogen-bond acceptors (Lipinski definition) is 5. The van der Waals surface area contributed by atoms with Gasteiger partial charge in [0.2, 0.25) is 0 Å². The number of rotatable bonds is 5. The second-order valence-electron chi connectivity index (χ2n) is 6.49. The first-order chi connectivity index (χ1) is 11.8. The molecule has 132 valence electrons. The zero-order valence-electron chi connectivity index (χ0n) is 14.4. The standard InChI is InChI=1S/C18H27N3O3/c1-15-2-5-19-14-17(15)18(22)21(16-3-10-23-11-4-16)7-6-20-8-12-24-13-9-20/h2,5,14,16H,3-4,6-13H2,1H3. The third kappa shape index (κ3) is 4.32. The second kappa shape index (κ2) is 8.55. The van der Waals surface area contributed by atoms with Gasteiger partial charge in [0.1, 0.15) is 0 Å². The van der Waals surface area contributed by atoms with Crippen LogP contribution >= 0.6 is 0 Å². The molecule has 2 aliphatic rings. The van der Waals surface area contributed by atoms with Gasteiger partial charge in [-0.3, -0.25) is 14.7 Å². The summed E-state index contributed by atoms with van der Waals surface area (Å²) in [6, 6.07) is 2.16. The van der Waals surface area contributed by atoms with E-state index >= 15 is 0 Å². The summed E-state index contributed by atoms with van der Waals surface area (Å²) < 4.78 is 10.9. The Balaban J connectivity index is 1.71. The van der Waals surface area contributed by atoms with Crippen LogP contribution in [0.25, 0.3) is 0 Å². The summed E-state index contributed by atoms with van der Waals surface area (Å²) in [5, 5.41) is 0. The normalized spacial score (nSPS) is 20.0. The average molecular weight is 333 g/mol. The molecule has 1 amide bonds. The Morgan fingerprint density at radius 3 is 2.67 bits per heavy atom. The van der Waals surface area contributed by atoms with Gasteiger partial charge < -0.3 is 14.4 Å². The van der Waals surface area contributed by atoms with Gasteiger partial charge in [0.05, 0.1) is 18.8 Å². The number of aromatic nitrogens is 1. The molecule has 0 radical (unpaired) electrons. The lowest BCUT2D eigenvalue weighted by atomic mass is 10.0. The van der Waals surface area contributed by atoms with E-state index in [0.717, 1.165) is 71.0 Å². The predicted octanol–water partition coefficient (Wildman–Crippen LogP) is 1.34. The van der Waals surface area contributed by atoms with Crippen molar-refractivity contribution >= 4 is 5.91 Å². The largest absolute Gasteiger partial charge is 0.381 e. The van der Waals surface area contributed by atoms with Crippen LogP contribution in [-0.2, 0) is 9.47 Å². The van der Waals surface area contributed by atoms with Crippen molar-refractivity contribution in [3.8, 4) is 0 Å². The Bertz CT molecular complexity index is 540. The average Bonchev–Trinajstić information content (AvgIpc) is 2.64. The van der Waals surface area contributed by atoms with Gasteiger partial charge >= 0.3 is 0 Å². The lowest BCUT2D eigenvalue weighted by Gasteiger charge is -2.36. The fraction of sp³-hybridized carbons (Fsp3) is 0.667. The highest BCUT2D eigenvalue weighted by molar-refractivity contribution is 5.95. The van der Waals surface area contributed by atoms with Crippen molar-refractivity contribution < 1.29 is 14.3 Å².